The van der Waals surface area contributed by atoms with Gasteiger partial charge in [-0.2, -0.15) is 0 Å². The molecule has 1 heterocycles. The molecule has 1 aliphatic heterocycles. The third kappa shape index (κ3) is 3.19. The monoisotopic (exact) mass is 324 g/mol. The van der Waals surface area contributed by atoms with E-state index >= 15 is 0 Å². The van der Waals surface area contributed by atoms with Gasteiger partial charge < -0.3 is 15.3 Å². The Bertz CT molecular complexity index is 642. The highest BCUT2D eigenvalue weighted by molar-refractivity contribution is 6.04. The van der Waals surface area contributed by atoms with E-state index in [9.17, 15) is 18.7 Å². The average Bonchev–Trinajstić information content (AvgIpc) is 3.19. The fourth-order valence-electron chi connectivity index (χ4n) is 3.11. The van der Waals surface area contributed by atoms with E-state index in [2.05, 4.69) is 10.5 Å². The molecule has 0 spiro atoms. The summed E-state index contributed by atoms with van der Waals surface area (Å²) >= 11 is 0. The van der Waals surface area contributed by atoms with Crippen LogP contribution in [0.1, 0.15) is 37.7 Å². The second-order valence-electron chi connectivity index (χ2n) is 6.10. The van der Waals surface area contributed by atoms with Gasteiger partial charge in [0.25, 0.3) is 5.91 Å². The number of aliphatic hydroxyl groups excluding tert-OH is 1. The Morgan fingerprint density at radius 3 is 2.83 bits per heavy atom. The molecule has 1 aromatic rings. The normalized spacial score (nSPS) is 22.6. The molecule has 1 atom stereocenters. The number of carbonyl (C=O) groups excluding carboxylic acids is 1. The van der Waals surface area contributed by atoms with E-state index in [4.69, 9.17) is 4.84 Å². The van der Waals surface area contributed by atoms with Crippen molar-refractivity contribution >= 4 is 11.6 Å². The summed E-state index contributed by atoms with van der Waals surface area (Å²) in [5.74, 6) is -1.59. The Labute approximate surface area is 132 Å². The lowest BCUT2D eigenvalue weighted by Crippen LogP contribution is -2.52. The van der Waals surface area contributed by atoms with Crippen LogP contribution in [-0.2, 0) is 9.63 Å². The SMILES string of the molecule is O=C(NC1(CO)CCCC1)C1CC(c2cc(F)ccc2F)=NO1. The molecule has 23 heavy (non-hydrogen) atoms. The molecule has 1 saturated carbocycles. The number of hydrogen-bond donors (Lipinski definition) is 2. The van der Waals surface area contributed by atoms with E-state index in [0.717, 1.165) is 31.0 Å². The van der Waals surface area contributed by atoms with Crippen LogP contribution in [-0.4, -0.2) is 35.0 Å². The first-order chi connectivity index (χ1) is 11.0. The van der Waals surface area contributed by atoms with Gasteiger partial charge in [0.1, 0.15) is 11.6 Å². The second kappa shape index (κ2) is 6.23. The zero-order valence-electron chi connectivity index (χ0n) is 12.5. The van der Waals surface area contributed by atoms with Gasteiger partial charge in [-0.3, -0.25) is 4.79 Å². The molecular weight excluding hydrogens is 306 g/mol. The molecule has 1 fully saturated rings. The van der Waals surface area contributed by atoms with Crippen LogP contribution in [0.15, 0.2) is 23.4 Å². The van der Waals surface area contributed by atoms with E-state index in [1.807, 2.05) is 0 Å². The van der Waals surface area contributed by atoms with Crippen LogP contribution in [0.5, 0.6) is 0 Å². The van der Waals surface area contributed by atoms with Crippen molar-refractivity contribution in [3.05, 3.63) is 35.4 Å². The third-order valence-electron chi connectivity index (χ3n) is 4.45. The third-order valence-corrected chi connectivity index (χ3v) is 4.45. The van der Waals surface area contributed by atoms with E-state index in [0.29, 0.717) is 12.8 Å². The number of benzene rings is 1. The van der Waals surface area contributed by atoms with E-state index in [1.54, 1.807) is 0 Å². The van der Waals surface area contributed by atoms with Crippen molar-refractivity contribution in [2.24, 2.45) is 5.16 Å². The highest BCUT2D eigenvalue weighted by Crippen LogP contribution is 2.30. The first-order valence-corrected chi connectivity index (χ1v) is 7.64. The van der Waals surface area contributed by atoms with Gasteiger partial charge in [-0.1, -0.05) is 18.0 Å². The zero-order chi connectivity index (χ0) is 16.4. The molecule has 2 N–H and O–H groups in total. The Hall–Kier alpha value is -2.02. The van der Waals surface area contributed by atoms with Gasteiger partial charge in [0.05, 0.1) is 17.9 Å². The lowest BCUT2D eigenvalue weighted by atomic mass is 9.97. The predicted octanol–water partition coefficient (Wildman–Crippen LogP) is 1.88. The molecule has 0 bridgehead atoms. The summed E-state index contributed by atoms with van der Waals surface area (Å²) in [7, 11) is 0. The molecule has 5 nitrogen and oxygen atoms in total. The largest absolute Gasteiger partial charge is 0.394 e. The lowest BCUT2D eigenvalue weighted by Gasteiger charge is -2.28. The van der Waals surface area contributed by atoms with Gasteiger partial charge in [-0.25, -0.2) is 8.78 Å². The lowest BCUT2D eigenvalue weighted by molar-refractivity contribution is -0.133. The highest BCUT2D eigenvalue weighted by Gasteiger charge is 2.38. The van der Waals surface area contributed by atoms with Crippen LogP contribution < -0.4 is 5.32 Å². The number of halogens is 2. The molecule has 124 valence electrons. The summed E-state index contributed by atoms with van der Waals surface area (Å²) in [5, 5.41) is 16.1. The zero-order valence-corrected chi connectivity index (χ0v) is 12.5. The van der Waals surface area contributed by atoms with Crippen LogP contribution in [0.4, 0.5) is 8.78 Å². The first-order valence-electron chi connectivity index (χ1n) is 7.64. The minimum absolute atomic E-state index is 0.00182. The van der Waals surface area contributed by atoms with Crippen LogP contribution in [0.25, 0.3) is 0 Å². The maximum Gasteiger partial charge on any atom is 0.264 e. The van der Waals surface area contributed by atoms with E-state index in [-0.39, 0.29) is 24.3 Å². The van der Waals surface area contributed by atoms with Crippen molar-refractivity contribution in [2.75, 3.05) is 6.61 Å². The summed E-state index contributed by atoms with van der Waals surface area (Å²) in [6, 6.07) is 3.06. The van der Waals surface area contributed by atoms with Gasteiger partial charge in [-0.15, -0.1) is 0 Å². The maximum atomic E-state index is 13.8. The quantitative estimate of drug-likeness (QED) is 0.888. The van der Waals surface area contributed by atoms with Crippen molar-refractivity contribution in [3.63, 3.8) is 0 Å². The van der Waals surface area contributed by atoms with Gasteiger partial charge in [0.15, 0.2) is 0 Å². The topological polar surface area (TPSA) is 70.9 Å². The number of nitrogens with one attached hydrogen (secondary N) is 1. The molecule has 0 saturated heterocycles. The molecule has 1 aliphatic carbocycles. The molecule has 0 radical (unpaired) electrons. The van der Waals surface area contributed by atoms with E-state index in [1.165, 1.54) is 0 Å². The number of nitrogens with zero attached hydrogens (tertiary/aromatic N) is 1. The number of hydrogen-bond acceptors (Lipinski definition) is 4. The second-order valence-corrected chi connectivity index (χ2v) is 6.10. The number of oxime groups is 1. The number of aliphatic hydroxyl groups is 1. The van der Waals surface area contributed by atoms with Gasteiger partial charge in [0.2, 0.25) is 6.10 Å². The van der Waals surface area contributed by atoms with Crippen molar-refractivity contribution in [1.82, 2.24) is 5.32 Å². The molecule has 1 unspecified atom stereocenters. The summed E-state index contributed by atoms with van der Waals surface area (Å²) in [4.78, 5) is 17.4. The molecule has 3 rings (SSSR count). The minimum Gasteiger partial charge on any atom is -0.394 e. The Morgan fingerprint density at radius 1 is 1.39 bits per heavy atom. The Kier molecular flexibility index (Phi) is 4.30. The average molecular weight is 324 g/mol. The molecule has 2 aliphatic rings. The van der Waals surface area contributed by atoms with Gasteiger partial charge >= 0.3 is 0 Å². The van der Waals surface area contributed by atoms with Crippen LogP contribution in [0.2, 0.25) is 0 Å². The summed E-state index contributed by atoms with van der Waals surface area (Å²) < 4.78 is 27.0. The molecular formula is C16H18F2N2O3. The number of carbonyl (C=O) groups is 1. The fraction of sp³-hybridized carbons (Fsp3) is 0.500. The van der Waals surface area contributed by atoms with Gasteiger partial charge in [-0.05, 0) is 31.0 Å². The van der Waals surface area contributed by atoms with Crippen LogP contribution in [0, 0.1) is 11.6 Å². The number of rotatable bonds is 4. The van der Waals surface area contributed by atoms with Crippen molar-refractivity contribution in [2.45, 2.75) is 43.7 Å². The summed E-state index contributed by atoms with van der Waals surface area (Å²) in [6.45, 7) is -0.127. The van der Waals surface area contributed by atoms with Gasteiger partial charge in [0, 0.05) is 12.0 Å². The number of amides is 1. The molecule has 1 amide bonds. The molecule has 0 aromatic heterocycles. The molecule has 7 heteroatoms. The van der Waals surface area contributed by atoms with Crippen LogP contribution in [0.3, 0.4) is 0 Å². The minimum atomic E-state index is -0.892. The molecule has 1 aromatic carbocycles. The Morgan fingerprint density at radius 2 is 2.13 bits per heavy atom. The summed E-state index contributed by atoms with van der Waals surface area (Å²) in [5.41, 5.74) is -0.405. The highest BCUT2D eigenvalue weighted by atomic mass is 19.1. The smallest absolute Gasteiger partial charge is 0.264 e. The van der Waals surface area contributed by atoms with Crippen molar-refractivity contribution in [3.8, 4) is 0 Å². The fourth-order valence-corrected chi connectivity index (χ4v) is 3.11. The van der Waals surface area contributed by atoms with E-state index < -0.39 is 29.2 Å². The Balaban J connectivity index is 1.67. The standard InChI is InChI=1S/C16H18F2N2O3/c17-10-3-4-12(18)11(7-10)13-8-14(23-20-13)15(22)19-16(9-21)5-1-2-6-16/h3-4,7,14,21H,1-2,5-6,8-9H2,(H,19,22). The van der Waals surface area contributed by atoms with Crippen LogP contribution >= 0.6 is 0 Å². The maximum absolute atomic E-state index is 13.8. The predicted molar refractivity (Wildman–Crippen MR) is 78.8 cm³/mol. The first kappa shape index (κ1) is 15.9. The summed E-state index contributed by atoms with van der Waals surface area (Å²) in [6.07, 6.45) is 2.50. The van der Waals surface area contributed by atoms with Crippen molar-refractivity contribution < 1.29 is 23.5 Å². The van der Waals surface area contributed by atoms with Crippen molar-refractivity contribution in [1.29, 1.82) is 0 Å².